The van der Waals surface area contributed by atoms with Gasteiger partial charge in [0, 0.05) is 25.6 Å². The van der Waals surface area contributed by atoms with E-state index in [9.17, 15) is 26.4 Å². The number of piperidine rings is 1. The maximum Gasteiger partial charge on any atom is 0.409 e. The topological polar surface area (TPSA) is 130 Å². The molecule has 2 heterocycles. The lowest BCUT2D eigenvalue weighted by Crippen LogP contribution is -2.46. The highest BCUT2D eigenvalue weighted by Gasteiger charge is 2.37. The molecule has 2 saturated heterocycles. The fourth-order valence-corrected chi connectivity index (χ4v) is 6.59. The maximum atomic E-state index is 12.8. The minimum Gasteiger partial charge on any atom is -0.450 e. The number of rotatable bonds is 5. The fraction of sp³-hybridized carbons (Fsp3) is 0.556. The van der Waals surface area contributed by atoms with Crippen molar-refractivity contribution in [1.82, 2.24) is 9.62 Å². The average molecular weight is 460 g/mol. The Kier molecular flexibility index (Phi) is 6.39. The van der Waals surface area contributed by atoms with Crippen molar-refractivity contribution >= 4 is 37.7 Å². The van der Waals surface area contributed by atoms with Gasteiger partial charge in [0.05, 0.1) is 22.9 Å². The summed E-state index contributed by atoms with van der Waals surface area (Å²) < 4.78 is 58.2. The summed E-state index contributed by atoms with van der Waals surface area (Å²) in [7, 11) is -7.58. The molecule has 0 radical (unpaired) electrons. The Morgan fingerprint density at radius 2 is 1.93 bits per heavy atom. The molecule has 0 saturated carbocycles. The number of hydrogen-bond donors (Lipinski definition) is 1. The summed E-state index contributed by atoms with van der Waals surface area (Å²) in [5.41, 5.74) is 0.468. The molecular weight excluding hydrogens is 434 g/mol. The van der Waals surface area contributed by atoms with Gasteiger partial charge in [0.1, 0.15) is 0 Å². The minimum absolute atomic E-state index is 0.0168. The standard InChI is InChI=1S/C18H25N3O7S2/c1-3-28-18(23)20-9-6-14(7-10-20)19-30(26,27)16-5-4-15(12-13(16)2)21-17(22)8-11-29(21,24)25/h4-5,12,14,19H,3,6-11H2,1-2H3. The van der Waals surface area contributed by atoms with Gasteiger partial charge in [0.2, 0.25) is 26.0 Å². The van der Waals surface area contributed by atoms with Crippen molar-refractivity contribution in [3.05, 3.63) is 23.8 Å². The van der Waals surface area contributed by atoms with Crippen molar-refractivity contribution in [3.8, 4) is 0 Å². The fourth-order valence-electron chi connectivity index (χ4n) is 3.61. The number of benzene rings is 1. The molecule has 166 valence electrons. The molecular formula is C18H25N3O7S2. The summed E-state index contributed by atoms with van der Waals surface area (Å²) >= 11 is 0. The molecule has 12 heteroatoms. The van der Waals surface area contributed by atoms with E-state index in [0.29, 0.717) is 31.5 Å². The van der Waals surface area contributed by atoms with Gasteiger partial charge in [-0.1, -0.05) is 0 Å². The van der Waals surface area contributed by atoms with E-state index in [4.69, 9.17) is 4.74 Å². The van der Waals surface area contributed by atoms with Crippen LogP contribution in [-0.2, 0) is 29.6 Å². The van der Waals surface area contributed by atoms with E-state index in [-0.39, 0.29) is 35.4 Å². The summed E-state index contributed by atoms with van der Waals surface area (Å²) in [5, 5.41) is 0. The highest BCUT2D eigenvalue weighted by atomic mass is 32.2. The van der Waals surface area contributed by atoms with Crippen LogP contribution in [0.15, 0.2) is 23.1 Å². The molecule has 0 atom stereocenters. The van der Waals surface area contributed by atoms with Gasteiger partial charge in [-0.2, -0.15) is 0 Å². The second-order valence-electron chi connectivity index (χ2n) is 7.26. The third-order valence-electron chi connectivity index (χ3n) is 5.10. The van der Waals surface area contributed by atoms with Crippen LogP contribution >= 0.6 is 0 Å². The van der Waals surface area contributed by atoms with Crippen LogP contribution < -0.4 is 9.03 Å². The molecule has 1 aromatic carbocycles. The number of amides is 2. The molecule has 0 bridgehead atoms. The van der Waals surface area contributed by atoms with Crippen molar-refractivity contribution in [1.29, 1.82) is 0 Å². The van der Waals surface area contributed by atoms with E-state index in [1.165, 1.54) is 18.2 Å². The average Bonchev–Trinajstić information content (AvgIpc) is 2.94. The first-order chi connectivity index (χ1) is 14.0. The van der Waals surface area contributed by atoms with Crippen LogP contribution in [0.5, 0.6) is 0 Å². The van der Waals surface area contributed by atoms with Crippen LogP contribution in [0.2, 0.25) is 0 Å². The molecule has 2 amide bonds. The third-order valence-corrected chi connectivity index (χ3v) is 8.48. The number of nitrogens with one attached hydrogen (secondary N) is 1. The minimum atomic E-state index is -3.86. The van der Waals surface area contributed by atoms with Gasteiger partial charge < -0.3 is 9.64 Å². The van der Waals surface area contributed by atoms with Gasteiger partial charge in [-0.05, 0) is 50.5 Å². The SMILES string of the molecule is CCOC(=O)N1CCC(NS(=O)(=O)c2ccc(N3C(=O)CCS3(=O)=O)cc2C)CC1. The molecule has 2 fully saturated rings. The van der Waals surface area contributed by atoms with Crippen LogP contribution in [0.25, 0.3) is 0 Å². The summed E-state index contributed by atoms with van der Waals surface area (Å²) in [5.74, 6) is -0.784. The molecule has 0 unspecified atom stereocenters. The molecule has 2 aliphatic heterocycles. The number of ether oxygens (including phenoxy) is 1. The lowest BCUT2D eigenvalue weighted by atomic mass is 10.1. The van der Waals surface area contributed by atoms with Gasteiger partial charge in [-0.25, -0.2) is 30.7 Å². The lowest BCUT2D eigenvalue weighted by Gasteiger charge is -2.31. The van der Waals surface area contributed by atoms with Crippen molar-refractivity contribution in [3.63, 3.8) is 0 Å². The van der Waals surface area contributed by atoms with Crippen LogP contribution in [0.4, 0.5) is 10.5 Å². The van der Waals surface area contributed by atoms with E-state index < -0.39 is 32.0 Å². The second kappa shape index (κ2) is 8.52. The van der Waals surface area contributed by atoms with Gasteiger partial charge in [-0.15, -0.1) is 0 Å². The van der Waals surface area contributed by atoms with Gasteiger partial charge in [0.25, 0.3) is 0 Å². The Balaban J connectivity index is 1.71. The Bertz CT molecular complexity index is 1050. The summed E-state index contributed by atoms with van der Waals surface area (Å²) in [4.78, 5) is 25.3. The molecule has 0 aliphatic carbocycles. The Hall–Kier alpha value is -2.18. The molecule has 0 spiro atoms. The Morgan fingerprint density at radius 1 is 1.27 bits per heavy atom. The molecule has 1 aromatic rings. The highest BCUT2D eigenvalue weighted by Crippen LogP contribution is 2.29. The van der Waals surface area contributed by atoms with Crippen molar-refractivity contribution in [2.75, 3.05) is 29.8 Å². The number of carbonyl (C=O) groups excluding carboxylic acids is 2. The number of anilines is 1. The number of sulfonamides is 2. The van der Waals surface area contributed by atoms with E-state index in [1.807, 2.05) is 0 Å². The molecule has 1 N–H and O–H groups in total. The molecule has 10 nitrogen and oxygen atoms in total. The molecule has 3 rings (SSSR count). The van der Waals surface area contributed by atoms with Gasteiger partial charge in [0.15, 0.2) is 0 Å². The molecule has 2 aliphatic rings. The van der Waals surface area contributed by atoms with E-state index in [0.717, 1.165) is 4.31 Å². The largest absolute Gasteiger partial charge is 0.450 e. The van der Waals surface area contributed by atoms with Crippen LogP contribution in [0.3, 0.4) is 0 Å². The smallest absolute Gasteiger partial charge is 0.409 e. The van der Waals surface area contributed by atoms with Crippen molar-refractivity contribution in [2.24, 2.45) is 0 Å². The number of likely N-dealkylation sites (tertiary alicyclic amines) is 1. The second-order valence-corrected chi connectivity index (χ2v) is 10.9. The first kappa shape index (κ1) is 22.5. The van der Waals surface area contributed by atoms with Crippen LogP contribution in [-0.4, -0.2) is 65.2 Å². The predicted octanol–water partition coefficient (Wildman–Crippen LogP) is 0.961. The van der Waals surface area contributed by atoms with E-state index in [1.54, 1.807) is 18.7 Å². The third kappa shape index (κ3) is 4.60. The van der Waals surface area contributed by atoms with E-state index in [2.05, 4.69) is 4.72 Å². The molecule has 0 aromatic heterocycles. The van der Waals surface area contributed by atoms with Crippen LogP contribution in [0, 0.1) is 6.92 Å². The number of nitrogens with zero attached hydrogens (tertiary/aromatic N) is 2. The number of aryl methyl sites for hydroxylation is 1. The zero-order valence-electron chi connectivity index (χ0n) is 16.8. The van der Waals surface area contributed by atoms with E-state index >= 15 is 0 Å². The Labute approximate surface area is 176 Å². The monoisotopic (exact) mass is 459 g/mol. The first-order valence-corrected chi connectivity index (χ1v) is 12.7. The summed E-state index contributed by atoms with van der Waals surface area (Å²) in [6.45, 7) is 4.33. The van der Waals surface area contributed by atoms with Crippen molar-refractivity contribution in [2.45, 2.75) is 44.0 Å². The quantitative estimate of drug-likeness (QED) is 0.694. The molecule has 30 heavy (non-hydrogen) atoms. The Morgan fingerprint density at radius 3 is 2.47 bits per heavy atom. The number of carbonyl (C=O) groups is 2. The van der Waals surface area contributed by atoms with Crippen LogP contribution in [0.1, 0.15) is 31.7 Å². The van der Waals surface area contributed by atoms with Crippen molar-refractivity contribution < 1.29 is 31.2 Å². The summed E-state index contributed by atoms with van der Waals surface area (Å²) in [6, 6.07) is 3.69. The predicted molar refractivity (Wildman–Crippen MR) is 109 cm³/mol. The zero-order valence-corrected chi connectivity index (χ0v) is 18.5. The lowest BCUT2D eigenvalue weighted by molar-refractivity contribution is -0.116. The van der Waals surface area contributed by atoms with Gasteiger partial charge >= 0.3 is 6.09 Å². The number of hydrogen-bond acceptors (Lipinski definition) is 7. The first-order valence-electron chi connectivity index (χ1n) is 9.65. The van der Waals surface area contributed by atoms with Gasteiger partial charge in [-0.3, -0.25) is 4.79 Å². The summed E-state index contributed by atoms with van der Waals surface area (Å²) in [6.07, 6.45) is 0.412. The highest BCUT2D eigenvalue weighted by molar-refractivity contribution is 7.94. The normalized spacial score (nSPS) is 19.9. The zero-order chi connectivity index (χ0) is 22.1. The maximum absolute atomic E-state index is 12.8.